The zero-order valence-corrected chi connectivity index (χ0v) is 18.8. The van der Waals surface area contributed by atoms with Crippen molar-refractivity contribution < 1.29 is 24.2 Å². The van der Waals surface area contributed by atoms with Gasteiger partial charge in [0.15, 0.2) is 0 Å². The Morgan fingerprint density at radius 1 is 0.727 bits per heavy atom. The van der Waals surface area contributed by atoms with Crippen molar-refractivity contribution in [3.8, 4) is 0 Å². The lowest BCUT2D eigenvalue weighted by molar-refractivity contribution is -0.127. The van der Waals surface area contributed by atoms with Gasteiger partial charge >= 0.3 is 0 Å². The van der Waals surface area contributed by atoms with E-state index >= 15 is 0 Å². The summed E-state index contributed by atoms with van der Waals surface area (Å²) in [5.41, 5.74) is 3.03. The fraction of sp³-hybridized carbons (Fsp3) is 0.296. The van der Waals surface area contributed by atoms with Gasteiger partial charge in [-0.3, -0.25) is 0 Å². The largest absolute Gasteiger partial charge is 0.399 e. The highest BCUT2D eigenvalue weighted by atomic mass is 16.6. The Bertz CT molecular complexity index is 921. The highest BCUT2D eigenvalue weighted by Crippen LogP contribution is 2.15. The molecule has 3 aromatic carbocycles. The van der Waals surface area contributed by atoms with E-state index in [1.54, 1.807) is 0 Å². The van der Waals surface area contributed by atoms with Gasteiger partial charge in [-0.15, -0.1) is 0 Å². The summed E-state index contributed by atoms with van der Waals surface area (Å²) in [5, 5.41) is 14.9. The molecule has 0 spiro atoms. The molecule has 0 heterocycles. The molecule has 174 valence electrons. The molecule has 0 radical (unpaired) electrons. The lowest BCUT2D eigenvalue weighted by Crippen LogP contribution is -2.44. The van der Waals surface area contributed by atoms with Crippen LogP contribution in [0.15, 0.2) is 96.2 Å². The van der Waals surface area contributed by atoms with Gasteiger partial charge in [-0.1, -0.05) is 96.2 Å². The zero-order chi connectivity index (χ0) is 23.1. The minimum Gasteiger partial charge on any atom is -0.399 e. The normalized spacial score (nSPS) is 14.1. The van der Waals surface area contributed by atoms with E-state index in [0.717, 1.165) is 16.7 Å². The molecule has 0 saturated carbocycles. The predicted molar refractivity (Wildman–Crippen MR) is 128 cm³/mol. The van der Waals surface area contributed by atoms with Crippen molar-refractivity contribution in [2.75, 3.05) is 13.7 Å². The molecule has 6 heteroatoms. The Hall–Kier alpha value is -3.03. The van der Waals surface area contributed by atoms with Crippen molar-refractivity contribution in [3.63, 3.8) is 0 Å². The number of nitrogens with zero attached hydrogens (tertiary/aromatic N) is 1. The van der Waals surface area contributed by atoms with Gasteiger partial charge in [-0.05, 0) is 16.7 Å². The molecule has 0 aliphatic carbocycles. The zero-order valence-electron chi connectivity index (χ0n) is 18.8. The topological polar surface area (TPSA) is 69.5 Å². The van der Waals surface area contributed by atoms with Gasteiger partial charge in [0.1, 0.15) is 25.4 Å². The van der Waals surface area contributed by atoms with E-state index in [1.807, 2.05) is 91.0 Å². The molecule has 0 fully saturated rings. The number of aliphatic hydroxyl groups excluding tert-OH is 1. The smallest absolute Gasteiger partial charge is 0.125 e. The molecule has 3 atom stereocenters. The van der Waals surface area contributed by atoms with Crippen LogP contribution in [0.4, 0.5) is 0 Å². The third-order valence-electron chi connectivity index (χ3n) is 4.99. The Morgan fingerprint density at radius 3 is 1.73 bits per heavy atom. The van der Waals surface area contributed by atoms with Crippen molar-refractivity contribution in [3.05, 3.63) is 108 Å². The summed E-state index contributed by atoms with van der Waals surface area (Å²) in [6.45, 7) is 1.13. The van der Waals surface area contributed by atoms with Crippen LogP contribution in [0.25, 0.3) is 0 Å². The molecular formula is C27H31NO5. The van der Waals surface area contributed by atoms with E-state index in [1.165, 1.54) is 13.3 Å². The van der Waals surface area contributed by atoms with Crippen molar-refractivity contribution >= 4 is 6.21 Å². The number of benzene rings is 3. The highest BCUT2D eigenvalue weighted by molar-refractivity contribution is 5.63. The number of rotatable bonds is 14. The third-order valence-corrected chi connectivity index (χ3v) is 4.99. The van der Waals surface area contributed by atoms with E-state index in [2.05, 4.69) is 5.16 Å². The molecular weight excluding hydrogens is 418 g/mol. The van der Waals surface area contributed by atoms with Crippen molar-refractivity contribution in [2.45, 2.75) is 38.1 Å². The minimum atomic E-state index is -0.943. The van der Waals surface area contributed by atoms with Crippen LogP contribution in [-0.4, -0.2) is 43.3 Å². The quantitative estimate of drug-likeness (QED) is 0.292. The van der Waals surface area contributed by atoms with Crippen LogP contribution in [0.2, 0.25) is 0 Å². The van der Waals surface area contributed by atoms with E-state index in [0.29, 0.717) is 19.8 Å². The van der Waals surface area contributed by atoms with Crippen molar-refractivity contribution in [1.29, 1.82) is 0 Å². The Balaban J connectivity index is 1.68. The fourth-order valence-electron chi connectivity index (χ4n) is 3.27. The van der Waals surface area contributed by atoms with Crippen LogP contribution in [0.1, 0.15) is 16.7 Å². The monoisotopic (exact) mass is 449 g/mol. The summed E-state index contributed by atoms with van der Waals surface area (Å²) in [5.74, 6) is 0. The van der Waals surface area contributed by atoms with Gasteiger partial charge in [0.25, 0.3) is 0 Å². The average molecular weight is 450 g/mol. The van der Waals surface area contributed by atoms with E-state index < -0.39 is 18.3 Å². The molecule has 0 aromatic heterocycles. The fourth-order valence-corrected chi connectivity index (χ4v) is 3.27. The minimum absolute atomic E-state index is 0.0837. The Kier molecular flexibility index (Phi) is 10.6. The summed E-state index contributed by atoms with van der Waals surface area (Å²) < 4.78 is 18.0. The van der Waals surface area contributed by atoms with Crippen molar-refractivity contribution in [1.82, 2.24) is 0 Å². The molecule has 0 bridgehead atoms. The SMILES string of the molecule is CON=C[C@@H](OCc1ccccc1)[C@H](OCc1ccccc1)[C@@H](O)COCc1ccccc1. The summed E-state index contributed by atoms with van der Waals surface area (Å²) >= 11 is 0. The van der Waals surface area contributed by atoms with Gasteiger partial charge < -0.3 is 24.2 Å². The summed E-state index contributed by atoms with van der Waals surface area (Å²) in [7, 11) is 1.46. The molecule has 0 unspecified atom stereocenters. The second-order valence-corrected chi connectivity index (χ2v) is 7.53. The molecule has 6 nitrogen and oxygen atoms in total. The molecule has 0 aliphatic heterocycles. The van der Waals surface area contributed by atoms with E-state index in [9.17, 15) is 5.11 Å². The predicted octanol–water partition coefficient (Wildman–Crippen LogP) is 4.37. The first-order chi connectivity index (χ1) is 16.3. The number of oxime groups is 1. The Labute approximate surface area is 195 Å². The van der Waals surface area contributed by atoms with Gasteiger partial charge in [-0.2, -0.15) is 0 Å². The maximum atomic E-state index is 11.0. The standard InChI is InChI=1S/C27H31NO5/c1-30-28-17-26(32-19-23-13-7-3-8-14-23)27(33-20-24-15-9-4-10-16-24)25(29)21-31-18-22-11-5-2-6-12-22/h2-17,25-27,29H,18-21H2,1H3/t25-,26+,27+/m0/s1. The van der Waals surface area contributed by atoms with Crippen LogP contribution in [0.3, 0.4) is 0 Å². The van der Waals surface area contributed by atoms with Gasteiger partial charge in [-0.25, -0.2) is 0 Å². The number of ether oxygens (including phenoxy) is 3. The molecule has 0 amide bonds. The first-order valence-electron chi connectivity index (χ1n) is 10.9. The van der Waals surface area contributed by atoms with E-state index in [4.69, 9.17) is 19.0 Å². The number of hydrogen-bond acceptors (Lipinski definition) is 6. The number of aliphatic hydroxyl groups is 1. The van der Waals surface area contributed by atoms with E-state index in [-0.39, 0.29) is 6.61 Å². The van der Waals surface area contributed by atoms with Crippen LogP contribution >= 0.6 is 0 Å². The molecule has 1 N–H and O–H groups in total. The summed E-state index contributed by atoms with van der Waals surface area (Å²) in [4.78, 5) is 4.88. The maximum absolute atomic E-state index is 11.0. The third kappa shape index (κ3) is 8.79. The average Bonchev–Trinajstić information content (AvgIpc) is 2.87. The lowest BCUT2D eigenvalue weighted by atomic mass is 10.1. The lowest BCUT2D eigenvalue weighted by Gasteiger charge is -2.29. The van der Waals surface area contributed by atoms with Gasteiger partial charge in [0.2, 0.25) is 0 Å². The van der Waals surface area contributed by atoms with Crippen LogP contribution in [0.5, 0.6) is 0 Å². The molecule has 3 aromatic rings. The molecule has 0 aliphatic rings. The molecule has 33 heavy (non-hydrogen) atoms. The molecule has 0 saturated heterocycles. The first kappa shape index (κ1) is 24.6. The van der Waals surface area contributed by atoms with Gasteiger partial charge in [0.05, 0.1) is 32.6 Å². The summed E-state index contributed by atoms with van der Waals surface area (Å²) in [6, 6.07) is 29.4. The van der Waals surface area contributed by atoms with Crippen LogP contribution in [-0.2, 0) is 38.9 Å². The van der Waals surface area contributed by atoms with Crippen LogP contribution in [0, 0.1) is 0 Å². The highest BCUT2D eigenvalue weighted by Gasteiger charge is 2.30. The van der Waals surface area contributed by atoms with Crippen LogP contribution < -0.4 is 0 Å². The van der Waals surface area contributed by atoms with Crippen molar-refractivity contribution in [2.24, 2.45) is 5.16 Å². The Morgan fingerprint density at radius 2 is 1.21 bits per heavy atom. The molecule has 3 rings (SSSR count). The summed E-state index contributed by atoms with van der Waals surface area (Å²) in [6.07, 6.45) is -0.798. The maximum Gasteiger partial charge on any atom is 0.125 e. The first-order valence-corrected chi connectivity index (χ1v) is 10.9. The second-order valence-electron chi connectivity index (χ2n) is 7.53. The number of hydrogen-bond donors (Lipinski definition) is 1. The second kappa shape index (κ2) is 14.2. The van der Waals surface area contributed by atoms with Gasteiger partial charge in [0, 0.05) is 0 Å².